The summed E-state index contributed by atoms with van der Waals surface area (Å²) in [5, 5.41) is 6.92. The van der Waals surface area contributed by atoms with E-state index in [2.05, 4.69) is 17.6 Å². The van der Waals surface area contributed by atoms with Crippen LogP contribution in [0.5, 0.6) is 0 Å². The van der Waals surface area contributed by atoms with E-state index in [1.807, 2.05) is 31.1 Å². The standard InChI is InChI=1S/C15H22ClN3O/c1-10-5-4-8-17-14(10)15(20)18-12-9-11(16)6-7-13(12)19(2)3/h6-7,9-10,14,17H,4-5,8H2,1-3H3,(H,18,20). The van der Waals surface area contributed by atoms with Gasteiger partial charge in [-0.1, -0.05) is 18.5 Å². The van der Waals surface area contributed by atoms with Gasteiger partial charge < -0.3 is 15.5 Å². The summed E-state index contributed by atoms with van der Waals surface area (Å²) in [6, 6.07) is 5.41. The minimum Gasteiger partial charge on any atom is -0.376 e. The van der Waals surface area contributed by atoms with Crippen molar-refractivity contribution in [3.05, 3.63) is 23.2 Å². The molecule has 4 nitrogen and oxygen atoms in total. The quantitative estimate of drug-likeness (QED) is 0.901. The Hall–Kier alpha value is -1.26. The van der Waals surface area contributed by atoms with Gasteiger partial charge in [-0.25, -0.2) is 0 Å². The van der Waals surface area contributed by atoms with Crippen molar-refractivity contribution >= 4 is 28.9 Å². The van der Waals surface area contributed by atoms with Gasteiger partial charge in [-0.15, -0.1) is 0 Å². The molecule has 2 rings (SSSR count). The fraction of sp³-hybridized carbons (Fsp3) is 0.533. The van der Waals surface area contributed by atoms with Crippen molar-refractivity contribution in [1.82, 2.24) is 5.32 Å². The first kappa shape index (κ1) is 15.1. The van der Waals surface area contributed by atoms with Crippen LogP contribution < -0.4 is 15.5 Å². The van der Waals surface area contributed by atoms with Gasteiger partial charge in [-0.3, -0.25) is 4.79 Å². The predicted molar refractivity (Wildman–Crippen MR) is 84.6 cm³/mol. The Morgan fingerprint density at radius 1 is 1.45 bits per heavy atom. The maximum absolute atomic E-state index is 12.4. The Balaban J connectivity index is 2.16. The van der Waals surface area contributed by atoms with E-state index in [4.69, 9.17) is 11.6 Å². The van der Waals surface area contributed by atoms with E-state index in [0.29, 0.717) is 10.9 Å². The van der Waals surface area contributed by atoms with E-state index in [9.17, 15) is 4.79 Å². The van der Waals surface area contributed by atoms with Crippen LogP contribution in [0.4, 0.5) is 11.4 Å². The van der Waals surface area contributed by atoms with Crippen LogP contribution in [0.25, 0.3) is 0 Å². The number of anilines is 2. The van der Waals surface area contributed by atoms with Crippen LogP contribution in [-0.4, -0.2) is 32.6 Å². The maximum atomic E-state index is 12.4. The molecule has 0 aromatic heterocycles. The SMILES string of the molecule is CC1CCCNC1C(=O)Nc1cc(Cl)ccc1N(C)C. The molecule has 110 valence electrons. The molecular weight excluding hydrogens is 274 g/mol. The zero-order chi connectivity index (χ0) is 14.7. The first-order valence-corrected chi connectivity index (χ1v) is 7.38. The molecule has 2 N–H and O–H groups in total. The lowest BCUT2D eigenvalue weighted by Gasteiger charge is -2.29. The summed E-state index contributed by atoms with van der Waals surface area (Å²) in [4.78, 5) is 14.4. The zero-order valence-electron chi connectivity index (χ0n) is 12.2. The minimum absolute atomic E-state index is 0.0163. The second-order valence-corrected chi connectivity index (χ2v) is 6.03. The molecule has 1 heterocycles. The molecule has 1 aliphatic heterocycles. The van der Waals surface area contributed by atoms with Crippen LogP contribution in [0.3, 0.4) is 0 Å². The fourth-order valence-corrected chi connectivity index (χ4v) is 2.78. The second kappa shape index (κ2) is 6.46. The predicted octanol–water partition coefficient (Wildman–Crippen LogP) is 2.73. The molecule has 0 radical (unpaired) electrons. The minimum atomic E-state index is -0.127. The average Bonchev–Trinajstić information content (AvgIpc) is 2.38. The van der Waals surface area contributed by atoms with Crippen LogP contribution in [0.2, 0.25) is 5.02 Å². The third-order valence-corrected chi connectivity index (χ3v) is 3.99. The van der Waals surface area contributed by atoms with Crippen LogP contribution in [-0.2, 0) is 4.79 Å². The van der Waals surface area contributed by atoms with Crippen molar-refractivity contribution in [2.24, 2.45) is 5.92 Å². The number of halogens is 1. The molecule has 1 aliphatic rings. The number of benzene rings is 1. The van der Waals surface area contributed by atoms with Crippen molar-refractivity contribution in [3.8, 4) is 0 Å². The molecule has 0 saturated carbocycles. The first-order chi connectivity index (χ1) is 9.49. The molecule has 1 fully saturated rings. The Labute approximate surface area is 125 Å². The van der Waals surface area contributed by atoms with Gasteiger partial charge in [0.05, 0.1) is 17.4 Å². The lowest BCUT2D eigenvalue weighted by atomic mass is 9.92. The second-order valence-electron chi connectivity index (χ2n) is 5.60. The van der Waals surface area contributed by atoms with Gasteiger partial charge in [0.1, 0.15) is 0 Å². The van der Waals surface area contributed by atoms with Crippen molar-refractivity contribution in [1.29, 1.82) is 0 Å². The molecule has 1 amide bonds. The van der Waals surface area contributed by atoms with Crippen LogP contribution in [0.15, 0.2) is 18.2 Å². The van der Waals surface area contributed by atoms with E-state index < -0.39 is 0 Å². The third-order valence-electron chi connectivity index (χ3n) is 3.75. The molecule has 1 saturated heterocycles. The summed E-state index contributed by atoms with van der Waals surface area (Å²) in [5.74, 6) is 0.369. The molecular formula is C15H22ClN3O. The van der Waals surface area contributed by atoms with Gasteiger partial charge in [0.2, 0.25) is 5.91 Å². The normalized spacial score (nSPS) is 22.4. The molecule has 2 unspecified atom stereocenters. The average molecular weight is 296 g/mol. The summed E-state index contributed by atoms with van der Waals surface area (Å²) in [6.45, 7) is 3.01. The molecule has 0 aliphatic carbocycles. The largest absolute Gasteiger partial charge is 0.376 e. The number of amides is 1. The van der Waals surface area contributed by atoms with E-state index in [0.717, 1.165) is 30.8 Å². The van der Waals surface area contributed by atoms with Gasteiger partial charge in [0.25, 0.3) is 0 Å². The monoisotopic (exact) mass is 295 g/mol. The van der Waals surface area contributed by atoms with Crippen LogP contribution in [0.1, 0.15) is 19.8 Å². The van der Waals surface area contributed by atoms with Gasteiger partial charge in [-0.2, -0.15) is 0 Å². The Bertz CT molecular complexity index is 490. The number of nitrogens with zero attached hydrogens (tertiary/aromatic N) is 1. The van der Waals surface area contributed by atoms with E-state index in [-0.39, 0.29) is 11.9 Å². The van der Waals surface area contributed by atoms with Gasteiger partial charge >= 0.3 is 0 Å². The lowest BCUT2D eigenvalue weighted by molar-refractivity contribution is -0.119. The summed E-state index contributed by atoms with van der Waals surface area (Å²) in [6.07, 6.45) is 2.21. The van der Waals surface area contributed by atoms with Gasteiger partial charge in [0, 0.05) is 19.1 Å². The van der Waals surface area contributed by atoms with E-state index in [1.54, 1.807) is 6.07 Å². The Kier molecular flexibility index (Phi) is 4.89. The molecule has 1 aromatic rings. The van der Waals surface area contributed by atoms with Crippen LogP contribution >= 0.6 is 11.6 Å². The topological polar surface area (TPSA) is 44.4 Å². The summed E-state index contributed by atoms with van der Waals surface area (Å²) >= 11 is 6.03. The van der Waals surface area contributed by atoms with Crippen molar-refractivity contribution < 1.29 is 4.79 Å². The number of carbonyl (C=O) groups is 1. The molecule has 20 heavy (non-hydrogen) atoms. The number of hydrogen-bond donors (Lipinski definition) is 2. The highest BCUT2D eigenvalue weighted by atomic mass is 35.5. The molecule has 2 atom stereocenters. The van der Waals surface area contributed by atoms with E-state index >= 15 is 0 Å². The molecule has 1 aromatic carbocycles. The van der Waals surface area contributed by atoms with Crippen molar-refractivity contribution in [3.63, 3.8) is 0 Å². The molecule has 5 heteroatoms. The number of piperidine rings is 1. The Morgan fingerprint density at radius 2 is 2.20 bits per heavy atom. The van der Waals surface area contributed by atoms with Gasteiger partial charge in [-0.05, 0) is 43.5 Å². The smallest absolute Gasteiger partial charge is 0.241 e. The lowest BCUT2D eigenvalue weighted by Crippen LogP contribution is -2.48. The highest BCUT2D eigenvalue weighted by Gasteiger charge is 2.27. The summed E-state index contributed by atoms with van der Waals surface area (Å²) in [7, 11) is 3.89. The first-order valence-electron chi connectivity index (χ1n) is 7.00. The third kappa shape index (κ3) is 3.44. The zero-order valence-corrected chi connectivity index (χ0v) is 13.0. The number of carbonyl (C=O) groups excluding carboxylic acids is 1. The van der Waals surface area contributed by atoms with Crippen molar-refractivity contribution in [2.45, 2.75) is 25.8 Å². The summed E-state index contributed by atoms with van der Waals surface area (Å²) in [5.41, 5.74) is 1.71. The highest BCUT2D eigenvalue weighted by Crippen LogP contribution is 2.28. The van der Waals surface area contributed by atoms with Crippen LogP contribution in [0, 0.1) is 5.92 Å². The highest BCUT2D eigenvalue weighted by molar-refractivity contribution is 6.31. The molecule has 0 bridgehead atoms. The number of nitrogens with one attached hydrogen (secondary N) is 2. The van der Waals surface area contributed by atoms with Crippen molar-refractivity contribution in [2.75, 3.05) is 30.9 Å². The number of hydrogen-bond acceptors (Lipinski definition) is 3. The number of rotatable bonds is 3. The Morgan fingerprint density at radius 3 is 2.85 bits per heavy atom. The molecule has 0 spiro atoms. The summed E-state index contributed by atoms with van der Waals surface area (Å²) < 4.78 is 0. The van der Waals surface area contributed by atoms with Gasteiger partial charge in [0.15, 0.2) is 0 Å². The fourth-order valence-electron chi connectivity index (χ4n) is 2.61. The van der Waals surface area contributed by atoms with E-state index in [1.165, 1.54) is 0 Å². The maximum Gasteiger partial charge on any atom is 0.241 e.